The first kappa shape index (κ1) is 24.1. The Hall–Kier alpha value is -1.91. The third kappa shape index (κ3) is 16.9. The first-order valence-corrected chi connectivity index (χ1v) is 9.45. The summed E-state index contributed by atoms with van der Waals surface area (Å²) >= 11 is 0. The van der Waals surface area contributed by atoms with Crippen LogP contribution >= 0.6 is 0 Å². The molecule has 0 spiro atoms. The maximum absolute atomic E-state index is 10.4. The normalized spacial score (nSPS) is 15.2. The van der Waals surface area contributed by atoms with Crippen molar-refractivity contribution < 1.29 is 20.1 Å². The minimum Gasteiger partial charge on any atom is -0.481 e. The zero-order valence-electron chi connectivity index (χ0n) is 15.8. The van der Waals surface area contributed by atoms with E-state index in [9.17, 15) is 15.0 Å². The number of hydrogen-bond acceptors (Lipinski definition) is 3. The van der Waals surface area contributed by atoms with Crippen molar-refractivity contribution in [2.75, 3.05) is 0 Å². The first-order chi connectivity index (χ1) is 12.6. The molecule has 146 valence electrons. The van der Waals surface area contributed by atoms with Gasteiger partial charge in [0.15, 0.2) is 0 Å². The number of carbonyl (C=O) groups is 1. The Morgan fingerprint density at radius 3 is 2.38 bits per heavy atom. The summed E-state index contributed by atoms with van der Waals surface area (Å²) in [7, 11) is 0. The summed E-state index contributed by atoms with van der Waals surface area (Å²) in [4.78, 5) is 10.4. The minimum absolute atomic E-state index is 0.263. The van der Waals surface area contributed by atoms with E-state index >= 15 is 0 Å². The van der Waals surface area contributed by atoms with Crippen LogP contribution in [0.3, 0.4) is 0 Å². The molecule has 4 nitrogen and oxygen atoms in total. The summed E-state index contributed by atoms with van der Waals surface area (Å²) in [5.74, 6) is -0.719. The van der Waals surface area contributed by atoms with Gasteiger partial charge in [-0.05, 0) is 38.5 Å². The van der Waals surface area contributed by atoms with Gasteiger partial charge in [-0.25, -0.2) is 0 Å². The molecule has 26 heavy (non-hydrogen) atoms. The van der Waals surface area contributed by atoms with E-state index in [4.69, 9.17) is 5.11 Å². The molecule has 0 rings (SSSR count). The van der Waals surface area contributed by atoms with Gasteiger partial charge in [-0.15, -0.1) is 0 Å². The van der Waals surface area contributed by atoms with Crippen LogP contribution in [0.1, 0.15) is 58.3 Å². The van der Waals surface area contributed by atoms with Crippen molar-refractivity contribution in [2.45, 2.75) is 70.5 Å². The molecule has 2 unspecified atom stereocenters. The molecule has 0 radical (unpaired) electrons. The van der Waals surface area contributed by atoms with Gasteiger partial charge in [0.25, 0.3) is 0 Å². The monoisotopic (exact) mass is 362 g/mol. The summed E-state index contributed by atoms with van der Waals surface area (Å²) in [6.07, 6.45) is 23.7. The Kier molecular flexibility index (Phi) is 16.6. The van der Waals surface area contributed by atoms with Gasteiger partial charge in [0.1, 0.15) is 0 Å². The summed E-state index contributed by atoms with van der Waals surface area (Å²) < 4.78 is 0. The Morgan fingerprint density at radius 1 is 0.885 bits per heavy atom. The van der Waals surface area contributed by atoms with Crippen LogP contribution < -0.4 is 0 Å². The third-order valence-corrected chi connectivity index (χ3v) is 3.65. The molecule has 0 bridgehead atoms. The molecule has 0 aromatic rings. The van der Waals surface area contributed by atoms with Crippen LogP contribution in [0.25, 0.3) is 0 Å². The van der Waals surface area contributed by atoms with Gasteiger partial charge in [-0.1, -0.05) is 74.1 Å². The maximum Gasteiger partial charge on any atom is 0.303 e. The number of hydrogen-bond donors (Lipinski definition) is 3. The fourth-order valence-electron chi connectivity index (χ4n) is 2.14. The van der Waals surface area contributed by atoms with Crippen LogP contribution in [0.15, 0.2) is 60.8 Å². The molecule has 0 heterocycles. The van der Waals surface area contributed by atoms with E-state index in [1.165, 1.54) is 0 Å². The lowest BCUT2D eigenvalue weighted by Gasteiger charge is -2.11. The standard InChI is InChI=1S/C22H34O4/c1-2-3-14-17-20(23)21(24)18-15-12-10-8-6-4-5-7-9-11-13-16-19-22(25)26/h3,5-8,10,12,14-15,18,20-21,23-24H,2,4,9,11,13,16-17,19H2,1H3,(H,25,26)/b7-5-,8-6-,12-10+,14-3-,18-15+. The van der Waals surface area contributed by atoms with Crippen LogP contribution in [-0.2, 0) is 4.79 Å². The van der Waals surface area contributed by atoms with Crippen molar-refractivity contribution in [2.24, 2.45) is 0 Å². The zero-order chi connectivity index (χ0) is 19.5. The summed E-state index contributed by atoms with van der Waals surface area (Å²) in [6, 6.07) is 0. The third-order valence-electron chi connectivity index (χ3n) is 3.65. The summed E-state index contributed by atoms with van der Waals surface area (Å²) in [5, 5.41) is 28.0. The number of aliphatic hydroxyl groups is 2. The van der Waals surface area contributed by atoms with Crippen molar-refractivity contribution in [3.8, 4) is 0 Å². The highest BCUT2D eigenvalue weighted by molar-refractivity contribution is 5.66. The number of aliphatic carboxylic acids is 1. The lowest BCUT2D eigenvalue weighted by atomic mass is 10.1. The quantitative estimate of drug-likeness (QED) is 0.224. The molecule has 0 aromatic carbocycles. The van der Waals surface area contributed by atoms with Crippen LogP contribution in [0.5, 0.6) is 0 Å². The number of carboxylic acids is 1. The largest absolute Gasteiger partial charge is 0.481 e. The molecule has 0 amide bonds. The summed E-state index contributed by atoms with van der Waals surface area (Å²) in [6.45, 7) is 2.03. The molecular weight excluding hydrogens is 328 g/mol. The Bertz CT molecular complexity index is 486. The molecular formula is C22H34O4. The van der Waals surface area contributed by atoms with E-state index in [1.807, 2.05) is 43.4 Å². The molecule has 2 atom stereocenters. The van der Waals surface area contributed by atoms with Gasteiger partial charge >= 0.3 is 5.97 Å². The maximum atomic E-state index is 10.4. The second-order valence-corrected chi connectivity index (χ2v) is 6.07. The number of unbranched alkanes of at least 4 members (excludes halogenated alkanes) is 3. The van der Waals surface area contributed by atoms with Gasteiger partial charge in [0.2, 0.25) is 0 Å². The number of rotatable bonds is 15. The van der Waals surface area contributed by atoms with Crippen LogP contribution in [-0.4, -0.2) is 33.5 Å². The van der Waals surface area contributed by atoms with Gasteiger partial charge in [0.05, 0.1) is 12.2 Å². The SMILES string of the molecule is CC/C=C\CC(O)C(O)/C=C/C=C/C=C\C/C=C\CCCCCC(=O)O. The van der Waals surface area contributed by atoms with Crippen LogP contribution in [0.2, 0.25) is 0 Å². The van der Waals surface area contributed by atoms with Crippen LogP contribution in [0, 0.1) is 0 Å². The molecule has 4 heteroatoms. The van der Waals surface area contributed by atoms with Crippen molar-refractivity contribution in [1.29, 1.82) is 0 Å². The highest BCUT2D eigenvalue weighted by Crippen LogP contribution is 2.04. The molecule has 0 aliphatic heterocycles. The first-order valence-electron chi connectivity index (χ1n) is 9.45. The fraction of sp³-hybridized carbons (Fsp3) is 0.500. The number of carboxylic acid groups (broad SMARTS) is 1. The predicted octanol–water partition coefficient (Wildman–Crippen LogP) is 4.71. The number of allylic oxidation sites excluding steroid dienone is 8. The van der Waals surface area contributed by atoms with Crippen molar-refractivity contribution >= 4 is 5.97 Å². The average molecular weight is 363 g/mol. The fourth-order valence-corrected chi connectivity index (χ4v) is 2.14. The lowest BCUT2D eigenvalue weighted by molar-refractivity contribution is -0.137. The van der Waals surface area contributed by atoms with Crippen molar-refractivity contribution in [3.05, 3.63) is 60.8 Å². The second-order valence-electron chi connectivity index (χ2n) is 6.07. The smallest absolute Gasteiger partial charge is 0.303 e. The van der Waals surface area contributed by atoms with Gasteiger partial charge in [0, 0.05) is 6.42 Å². The number of aliphatic hydroxyl groups excluding tert-OH is 2. The topological polar surface area (TPSA) is 77.8 Å². The zero-order valence-corrected chi connectivity index (χ0v) is 15.8. The molecule has 0 aliphatic rings. The molecule has 0 saturated carbocycles. The van der Waals surface area contributed by atoms with E-state index in [0.717, 1.165) is 38.5 Å². The molecule has 0 fully saturated rings. The Balaban J connectivity index is 3.75. The molecule has 0 aromatic heterocycles. The van der Waals surface area contributed by atoms with Gasteiger partial charge in [-0.2, -0.15) is 0 Å². The summed E-state index contributed by atoms with van der Waals surface area (Å²) in [5.41, 5.74) is 0. The Labute approximate surface area is 157 Å². The second kappa shape index (κ2) is 17.9. The van der Waals surface area contributed by atoms with E-state index in [-0.39, 0.29) is 6.42 Å². The van der Waals surface area contributed by atoms with Crippen LogP contribution in [0.4, 0.5) is 0 Å². The van der Waals surface area contributed by atoms with E-state index in [2.05, 4.69) is 12.2 Å². The molecule has 0 saturated heterocycles. The van der Waals surface area contributed by atoms with E-state index in [0.29, 0.717) is 6.42 Å². The predicted molar refractivity (Wildman–Crippen MR) is 108 cm³/mol. The minimum atomic E-state index is -0.858. The lowest BCUT2D eigenvalue weighted by Crippen LogP contribution is -2.22. The van der Waals surface area contributed by atoms with Crippen molar-refractivity contribution in [3.63, 3.8) is 0 Å². The van der Waals surface area contributed by atoms with E-state index < -0.39 is 18.2 Å². The molecule has 0 aliphatic carbocycles. The van der Waals surface area contributed by atoms with Gasteiger partial charge in [-0.3, -0.25) is 4.79 Å². The average Bonchev–Trinajstić information content (AvgIpc) is 2.61. The van der Waals surface area contributed by atoms with Gasteiger partial charge < -0.3 is 15.3 Å². The Morgan fingerprint density at radius 2 is 1.65 bits per heavy atom. The highest BCUT2D eigenvalue weighted by Gasteiger charge is 2.10. The van der Waals surface area contributed by atoms with E-state index in [1.54, 1.807) is 12.2 Å². The van der Waals surface area contributed by atoms with Crippen molar-refractivity contribution in [1.82, 2.24) is 0 Å². The highest BCUT2D eigenvalue weighted by atomic mass is 16.4. The molecule has 3 N–H and O–H groups in total.